The number of hydrogen-bond donors (Lipinski definition) is 0. The van der Waals surface area contributed by atoms with E-state index < -0.39 is 21.6 Å². The Kier molecular flexibility index (Phi) is 9.10. The number of hydrogen-bond acceptors (Lipinski definition) is 6. The van der Waals surface area contributed by atoms with Crippen LogP contribution in [0.15, 0.2) is 18.2 Å². The van der Waals surface area contributed by atoms with E-state index in [9.17, 15) is 9.36 Å². The van der Waals surface area contributed by atoms with Crippen LogP contribution in [0.2, 0.25) is 18.1 Å². The van der Waals surface area contributed by atoms with Crippen LogP contribution in [0.25, 0.3) is 0 Å². The van der Waals surface area contributed by atoms with Crippen molar-refractivity contribution in [1.82, 2.24) is 0 Å². The predicted molar refractivity (Wildman–Crippen MR) is 115 cm³/mol. The standard InChI is InChI=1S/C20H35O6PSi/c1-9-24-27(22,25-10-2)19(14-21)16-11-12-18(17(13-16)15-23-6)26-28(7,8)20(3,4)5/h11-14,19H,9-10,15H2,1-8H3. The van der Waals surface area contributed by atoms with E-state index in [4.69, 9.17) is 18.2 Å². The number of carbonyl (C=O) groups is 1. The average molecular weight is 431 g/mol. The van der Waals surface area contributed by atoms with E-state index in [1.54, 1.807) is 33.1 Å². The number of rotatable bonds is 11. The molecule has 1 aromatic carbocycles. The third-order valence-electron chi connectivity index (χ3n) is 4.98. The maximum Gasteiger partial charge on any atom is 0.345 e. The fraction of sp³-hybridized carbons (Fsp3) is 0.650. The first-order valence-electron chi connectivity index (χ1n) is 9.60. The van der Waals surface area contributed by atoms with Gasteiger partial charge in [0.1, 0.15) is 17.7 Å². The summed E-state index contributed by atoms with van der Waals surface area (Å²) in [6, 6.07) is 5.38. The summed E-state index contributed by atoms with van der Waals surface area (Å²) in [4.78, 5) is 11.8. The second kappa shape index (κ2) is 10.2. The first-order chi connectivity index (χ1) is 13.0. The van der Waals surface area contributed by atoms with Crippen LogP contribution in [-0.4, -0.2) is 34.9 Å². The summed E-state index contributed by atoms with van der Waals surface area (Å²) >= 11 is 0. The summed E-state index contributed by atoms with van der Waals surface area (Å²) in [5.41, 5.74) is 0.371. The summed E-state index contributed by atoms with van der Waals surface area (Å²) in [7, 11) is -4.06. The van der Waals surface area contributed by atoms with Crippen LogP contribution >= 0.6 is 7.60 Å². The van der Waals surface area contributed by atoms with Gasteiger partial charge in [-0.05, 0) is 49.7 Å². The largest absolute Gasteiger partial charge is 0.543 e. The number of carbonyl (C=O) groups excluding carboxylic acids is 1. The maximum atomic E-state index is 13.1. The predicted octanol–water partition coefficient (Wildman–Crippen LogP) is 5.72. The minimum atomic E-state index is -3.61. The minimum Gasteiger partial charge on any atom is -0.543 e. The zero-order valence-corrected chi connectivity index (χ0v) is 20.3. The quantitative estimate of drug-likeness (QED) is 0.254. The Bertz CT molecular complexity index is 688. The molecule has 8 heteroatoms. The molecular weight excluding hydrogens is 395 g/mol. The molecule has 0 aromatic heterocycles. The van der Waals surface area contributed by atoms with Gasteiger partial charge in [0.05, 0.1) is 19.8 Å². The third-order valence-corrected chi connectivity index (χ3v) is 11.7. The lowest BCUT2D eigenvalue weighted by atomic mass is 10.1. The van der Waals surface area contributed by atoms with Gasteiger partial charge in [-0.3, -0.25) is 4.57 Å². The fourth-order valence-corrected chi connectivity index (χ4v) is 5.32. The molecule has 0 fully saturated rings. The summed E-state index contributed by atoms with van der Waals surface area (Å²) in [5.74, 6) is 0.726. The van der Waals surface area contributed by atoms with Crippen molar-refractivity contribution >= 4 is 22.2 Å². The number of benzene rings is 1. The highest BCUT2D eigenvalue weighted by Gasteiger charge is 2.40. The smallest absolute Gasteiger partial charge is 0.345 e. The van der Waals surface area contributed by atoms with Crippen molar-refractivity contribution in [2.24, 2.45) is 0 Å². The van der Waals surface area contributed by atoms with Gasteiger partial charge in [0.25, 0.3) is 0 Å². The Morgan fingerprint density at radius 2 is 1.71 bits per heavy atom. The van der Waals surface area contributed by atoms with E-state index in [1.165, 1.54) is 0 Å². The summed E-state index contributed by atoms with van der Waals surface area (Å²) in [6.45, 7) is 15.0. The van der Waals surface area contributed by atoms with Gasteiger partial charge in [0.2, 0.25) is 8.32 Å². The molecule has 0 amide bonds. The molecule has 0 saturated carbocycles. The van der Waals surface area contributed by atoms with E-state index in [0.29, 0.717) is 18.5 Å². The van der Waals surface area contributed by atoms with E-state index in [2.05, 4.69) is 33.9 Å². The molecule has 0 N–H and O–H groups in total. The van der Waals surface area contributed by atoms with Crippen molar-refractivity contribution in [3.8, 4) is 5.75 Å². The normalized spacial score (nSPS) is 14.0. The molecule has 1 aromatic rings. The van der Waals surface area contributed by atoms with Crippen molar-refractivity contribution in [3.05, 3.63) is 29.3 Å². The average Bonchev–Trinajstić information content (AvgIpc) is 2.57. The lowest BCUT2D eigenvalue weighted by molar-refractivity contribution is -0.108. The van der Waals surface area contributed by atoms with Gasteiger partial charge in [-0.15, -0.1) is 0 Å². The van der Waals surface area contributed by atoms with Crippen molar-refractivity contribution in [1.29, 1.82) is 0 Å². The summed E-state index contributed by atoms with van der Waals surface area (Å²) < 4.78 is 35.7. The molecular formula is C20H35O6PSi. The summed E-state index contributed by atoms with van der Waals surface area (Å²) in [5, 5.41) is 0.0426. The minimum absolute atomic E-state index is 0.0426. The number of methoxy groups -OCH3 is 1. The SMILES string of the molecule is CCOP(=O)(OCC)C(C=O)c1ccc(O[Si](C)(C)C(C)(C)C)c(COC)c1. The van der Waals surface area contributed by atoms with Gasteiger partial charge < -0.3 is 23.0 Å². The highest BCUT2D eigenvalue weighted by atomic mass is 31.2. The van der Waals surface area contributed by atoms with Gasteiger partial charge >= 0.3 is 7.60 Å². The maximum absolute atomic E-state index is 13.1. The van der Waals surface area contributed by atoms with Crippen LogP contribution in [0.4, 0.5) is 0 Å². The van der Waals surface area contributed by atoms with Crippen molar-refractivity contribution < 1.29 is 27.6 Å². The molecule has 6 nitrogen and oxygen atoms in total. The number of ether oxygens (including phenoxy) is 1. The molecule has 28 heavy (non-hydrogen) atoms. The van der Waals surface area contributed by atoms with Gasteiger partial charge in [-0.2, -0.15) is 0 Å². The first-order valence-corrected chi connectivity index (χ1v) is 14.1. The second-order valence-electron chi connectivity index (χ2n) is 8.12. The molecule has 0 aliphatic heterocycles. The highest BCUT2D eigenvalue weighted by Crippen LogP contribution is 2.60. The van der Waals surface area contributed by atoms with Crippen LogP contribution < -0.4 is 4.43 Å². The first kappa shape index (κ1) is 25.1. The monoisotopic (exact) mass is 430 g/mol. The van der Waals surface area contributed by atoms with Crippen LogP contribution in [0, 0.1) is 0 Å². The van der Waals surface area contributed by atoms with Crippen LogP contribution in [-0.2, 0) is 29.8 Å². The van der Waals surface area contributed by atoms with Gasteiger partial charge in [0, 0.05) is 12.7 Å². The highest BCUT2D eigenvalue weighted by molar-refractivity contribution is 7.55. The van der Waals surface area contributed by atoms with E-state index >= 15 is 0 Å². The van der Waals surface area contributed by atoms with Gasteiger partial charge in [-0.1, -0.05) is 26.8 Å². The number of aldehydes is 1. The van der Waals surface area contributed by atoms with Crippen molar-refractivity contribution in [2.45, 2.75) is 65.0 Å². The van der Waals surface area contributed by atoms with Crippen LogP contribution in [0.5, 0.6) is 5.75 Å². The third kappa shape index (κ3) is 6.01. The molecule has 0 aliphatic rings. The molecule has 160 valence electrons. The molecule has 1 unspecified atom stereocenters. The molecule has 0 radical (unpaired) electrons. The Labute approximate surface area is 170 Å². The molecule has 1 atom stereocenters. The van der Waals surface area contributed by atoms with Gasteiger partial charge in [0.15, 0.2) is 0 Å². The fourth-order valence-electron chi connectivity index (χ4n) is 2.47. The molecule has 0 heterocycles. The van der Waals surface area contributed by atoms with Crippen LogP contribution in [0.3, 0.4) is 0 Å². The van der Waals surface area contributed by atoms with Crippen molar-refractivity contribution in [3.63, 3.8) is 0 Å². The molecule has 1 rings (SSSR count). The Hall–Kier alpha value is -0.983. The Balaban J connectivity index is 3.37. The van der Waals surface area contributed by atoms with Crippen molar-refractivity contribution in [2.75, 3.05) is 20.3 Å². The Morgan fingerprint density at radius 1 is 1.14 bits per heavy atom. The lowest BCUT2D eigenvalue weighted by Gasteiger charge is -2.37. The Morgan fingerprint density at radius 3 is 2.14 bits per heavy atom. The van der Waals surface area contributed by atoms with E-state index in [-0.39, 0.29) is 18.3 Å². The van der Waals surface area contributed by atoms with E-state index in [0.717, 1.165) is 11.3 Å². The summed E-state index contributed by atoms with van der Waals surface area (Å²) in [6.07, 6.45) is 0.631. The zero-order chi connectivity index (χ0) is 21.6. The second-order valence-corrected chi connectivity index (χ2v) is 15.0. The topological polar surface area (TPSA) is 71.1 Å². The molecule has 0 spiro atoms. The van der Waals surface area contributed by atoms with E-state index in [1.807, 2.05) is 6.07 Å². The van der Waals surface area contributed by atoms with Crippen LogP contribution in [0.1, 0.15) is 51.4 Å². The molecule has 0 bridgehead atoms. The lowest BCUT2D eigenvalue weighted by Crippen LogP contribution is -2.44. The molecule has 0 saturated heterocycles. The zero-order valence-electron chi connectivity index (χ0n) is 18.4. The van der Waals surface area contributed by atoms with Gasteiger partial charge in [-0.25, -0.2) is 0 Å². The molecule has 0 aliphatic carbocycles.